The summed E-state index contributed by atoms with van der Waals surface area (Å²) in [7, 11) is 2.02. The number of rotatable bonds is 5. The van der Waals surface area contributed by atoms with E-state index in [9.17, 15) is 4.79 Å². The number of likely N-dealkylation sites (N-methyl/N-ethyl adjacent to an activating group) is 1. The summed E-state index contributed by atoms with van der Waals surface area (Å²) in [4.78, 5) is 14.3. The standard InChI is InChI=1S/C16H24N2O2/c1-16(13-18(2)11-12-20-16)15(19)17-10-6-9-14-7-4-3-5-8-14/h3-5,7-8H,6,9-13H2,1-2H3,(H,17,19)/t16-/m1/s1. The molecule has 1 fully saturated rings. The fourth-order valence-electron chi connectivity index (χ4n) is 2.53. The normalized spacial score (nSPS) is 23.5. The van der Waals surface area contributed by atoms with Gasteiger partial charge in [-0.15, -0.1) is 0 Å². The molecule has 4 nitrogen and oxygen atoms in total. The number of carbonyl (C=O) groups excluding carboxylic acids is 1. The van der Waals surface area contributed by atoms with Gasteiger partial charge in [-0.1, -0.05) is 30.3 Å². The summed E-state index contributed by atoms with van der Waals surface area (Å²) in [6.07, 6.45) is 1.93. The van der Waals surface area contributed by atoms with Gasteiger partial charge in [0.25, 0.3) is 5.91 Å². The van der Waals surface area contributed by atoms with Crippen LogP contribution >= 0.6 is 0 Å². The van der Waals surface area contributed by atoms with Crippen LogP contribution < -0.4 is 5.32 Å². The molecule has 0 saturated carbocycles. The maximum atomic E-state index is 12.2. The highest BCUT2D eigenvalue weighted by atomic mass is 16.5. The number of amides is 1. The van der Waals surface area contributed by atoms with Gasteiger partial charge in [-0.2, -0.15) is 0 Å². The van der Waals surface area contributed by atoms with Crippen molar-refractivity contribution in [1.29, 1.82) is 0 Å². The summed E-state index contributed by atoms with van der Waals surface area (Å²) in [5, 5.41) is 2.99. The minimum absolute atomic E-state index is 0.00267. The molecule has 0 radical (unpaired) electrons. The van der Waals surface area contributed by atoms with Crippen LogP contribution in [0.15, 0.2) is 30.3 Å². The van der Waals surface area contributed by atoms with Gasteiger partial charge in [-0.3, -0.25) is 4.79 Å². The first-order valence-electron chi connectivity index (χ1n) is 7.25. The summed E-state index contributed by atoms with van der Waals surface area (Å²) in [5.74, 6) is -0.00267. The van der Waals surface area contributed by atoms with Crippen LogP contribution in [0, 0.1) is 0 Å². The van der Waals surface area contributed by atoms with E-state index in [1.54, 1.807) is 0 Å². The Balaban J connectivity index is 1.72. The van der Waals surface area contributed by atoms with E-state index in [1.807, 2.05) is 32.2 Å². The highest BCUT2D eigenvalue weighted by molar-refractivity contribution is 5.85. The van der Waals surface area contributed by atoms with E-state index >= 15 is 0 Å². The number of aryl methyl sites for hydroxylation is 1. The molecule has 0 aliphatic carbocycles. The van der Waals surface area contributed by atoms with E-state index in [1.165, 1.54) is 5.56 Å². The van der Waals surface area contributed by atoms with Crippen LogP contribution in [-0.2, 0) is 16.0 Å². The predicted octanol–water partition coefficient (Wildman–Crippen LogP) is 1.46. The SMILES string of the molecule is CN1CCO[C@@](C)(C(=O)NCCCc2ccccc2)C1. The predicted molar refractivity (Wildman–Crippen MR) is 79.6 cm³/mol. The average molecular weight is 276 g/mol. The number of hydrogen-bond donors (Lipinski definition) is 1. The van der Waals surface area contributed by atoms with Gasteiger partial charge in [-0.25, -0.2) is 0 Å². The summed E-state index contributed by atoms with van der Waals surface area (Å²) < 4.78 is 5.66. The fourth-order valence-corrected chi connectivity index (χ4v) is 2.53. The van der Waals surface area contributed by atoms with Crippen LogP contribution in [0.5, 0.6) is 0 Å². The lowest BCUT2D eigenvalue weighted by molar-refractivity contribution is -0.155. The van der Waals surface area contributed by atoms with Crippen LogP contribution in [0.1, 0.15) is 18.9 Å². The molecule has 1 aliphatic heterocycles. The van der Waals surface area contributed by atoms with Crippen molar-refractivity contribution in [1.82, 2.24) is 10.2 Å². The molecule has 4 heteroatoms. The summed E-state index contributed by atoms with van der Waals surface area (Å²) in [6, 6.07) is 10.3. The molecular weight excluding hydrogens is 252 g/mol. The molecule has 20 heavy (non-hydrogen) atoms. The molecule has 1 atom stereocenters. The monoisotopic (exact) mass is 276 g/mol. The van der Waals surface area contributed by atoms with Gasteiger partial charge in [0, 0.05) is 19.6 Å². The third-order valence-corrected chi connectivity index (χ3v) is 3.72. The van der Waals surface area contributed by atoms with Crippen molar-refractivity contribution in [3.8, 4) is 0 Å². The molecule has 1 N–H and O–H groups in total. The Bertz CT molecular complexity index is 435. The Kier molecular flexibility index (Phi) is 5.15. The van der Waals surface area contributed by atoms with E-state index in [0.29, 0.717) is 19.7 Å². The van der Waals surface area contributed by atoms with Crippen LogP contribution in [0.2, 0.25) is 0 Å². The van der Waals surface area contributed by atoms with Gasteiger partial charge in [0.05, 0.1) is 6.61 Å². The van der Waals surface area contributed by atoms with Crippen molar-refractivity contribution >= 4 is 5.91 Å². The molecule has 1 amide bonds. The maximum Gasteiger partial charge on any atom is 0.253 e. The van der Waals surface area contributed by atoms with Gasteiger partial charge >= 0.3 is 0 Å². The molecule has 2 rings (SSSR count). The van der Waals surface area contributed by atoms with Crippen molar-refractivity contribution in [2.24, 2.45) is 0 Å². The largest absolute Gasteiger partial charge is 0.363 e. The Morgan fingerprint density at radius 1 is 1.40 bits per heavy atom. The van der Waals surface area contributed by atoms with Gasteiger partial charge in [0.15, 0.2) is 5.60 Å². The Morgan fingerprint density at radius 3 is 2.85 bits per heavy atom. The van der Waals surface area contributed by atoms with Crippen LogP contribution in [0.3, 0.4) is 0 Å². The highest BCUT2D eigenvalue weighted by Crippen LogP contribution is 2.16. The summed E-state index contributed by atoms with van der Waals surface area (Å²) >= 11 is 0. The third kappa shape index (κ3) is 4.05. The molecule has 1 aliphatic rings. The zero-order chi connectivity index (χ0) is 14.4. The van der Waals surface area contributed by atoms with Gasteiger partial charge in [0.1, 0.15) is 0 Å². The van der Waals surface area contributed by atoms with Gasteiger partial charge in [-0.05, 0) is 32.4 Å². The second-order valence-electron chi connectivity index (χ2n) is 5.66. The van der Waals surface area contributed by atoms with Crippen molar-refractivity contribution in [3.63, 3.8) is 0 Å². The highest BCUT2D eigenvalue weighted by Gasteiger charge is 2.37. The van der Waals surface area contributed by atoms with Crippen LogP contribution in [0.4, 0.5) is 0 Å². The maximum absolute atomic E-state index is 12.2. The molecule has 0 aromatic heterocycles. The first-order valence-corrected chi connectivity index (χ1v) is 7.25. The second kappa shape index (κ2) is 6.86. The molecule has 110 valence electrons. The van der Waals surface area contributed by atoms with Crippen molar-refractivity contribution < 1.29 is 9.53 Å². The Hall–Kier alpha value is -1.39. The number of nitrogens with zero attached hydrogens (tertiary/aromatic N) is 1. The Labute approximate surface area is 121 Å². The number of benzene rings is 1. The third-order valence-electron chi connectivity index (χ3n) is 3.72. The fraction of sp³-hybridized carbons (Fsp3) is 0.562. The zero-order valence-corrected chi connectivity index (χ0v) is 12.4. The number of nitrogens with one attached hydrogen (secondary N) is 1. The molecule has 1 heterocycles. The number of hydrogen-bond acceptors (Lipinski definition) is 3. The lowest BCUT2D eigenvalue weighted by Gasteiger charge is -2.37. The molecule has 0 unspecified atom stereocenters. The summed E-state index contributed by atoms with van der Waals surface area (Å²) in [6.45, 7) is 4.71. The summed E-state index contributed by atoms with van der Waals surface area (Å²) in [5.41, 5.74) is 0.598. The van der Waals surface area contributed by atoms with Gasteiger partial charge in [0.2, 0.25) is 0 Å². The number of carbonyl (C=O) groups is 1. The average Bonchev–Trinajstić information content (AvgIpc) is 2.44. The second-order valence-corrected chi connectivity index (χ2v) is 5.66. The van der Waals surface area contributed by atoms with E-state index in [0.717, 1.165) is 19.4 Å². The van der Waals surface area contributed by atoms with E-state index in [4.69, 9.17) is 4.74 Å². The van der Waals surface area contributed by atoms with Crippen molar-refractivity contribution in [3.05, 3.63) is 35.9 Å². The molecular formula is C16H24N2O2. The lowest BCUT2D eigenvalue weighted by atomic mass is 10.0. The molecule has 1 aromatic rings. The van der Waals surface area contributed by atoms with E-state index in [-0.39, 0.29) is 5.91 Å². The lowest BCUT2D eigenvalue weighted by Crippen LogP contribution is -2.57. The molecule has 1 saturated heterocycles. The van der Waals surface area contributed by atoms with E-state index < -0.39 is 5.60 Å². The van der Waals surface area contributed by atoms with Crippen molar-refractivity contribution in [2.45, 2.75) is 25.4 Å². The molecule has 0 bridgehead atoms. The van der Waals surface area contributed by atoms with Gasteiger partial charge < -0.3 is 15.0 Å². The molecule has 0 spiro atoms. The zero-order valence-electron chi connectivity index (χ0n) is 12.4. The Morgan fingerprint density at radius 2 is 2.15 bits per heavy atom. The quantitative estimate of drug-likeness (QED) is 0.828. The minimum atomic E-state index is -0.709. The smallest absolute Gasteiger partial charge is 0.253 e. The van der Waals surface area contributed by atoms with Crippen LogP contribution in [-0.4, -0.2) is 49.7 Å². The van der Waals surface area contributed by atoms with Crippen LogP contribution in [0.25, 0.3) is 0 Å². The first kappa shape index (κ1) is 15.0. The number of morpholine rings is 1. The first-order chi connectivity index (χ1) is 9.60. The van der Waals surface area contributed by atoms with E-state index in [2.05, 4.69) is 22.3 Å². The van der Waals surface area contributed by atoms with Crippen molar-refractivity contribution in [2.75, 3.05) is 33.3 Å². The number of ether oxygens (including phenoxy) is 1. The minimum Gasteiger partial charge on any atom is -0.363 e. The topological polar surface area (TPSA) is 41.6 Å². The molecule has 1 aromatic carbocycles.